The minimum absolute atomic E-state index is 0.653. The Bertz CT molecular complexity index is 419. The first-order valence-corrected chi connectivity index (χ1v) is 8.61. The van der Waals surface area contributed by atoms with Gasteiger partial charge in [0.2, 0.25) is 0 Å². The molecule has 1 aromatic rings. The van der Waals surface area contributed by atoms with Crippen molar-refractivity contribution in [2.24, 2.45) is 11.8 Å². The molecule has 0 heterocycles. The zero-order valence-corrected chi connectivity index (χ0v) is 13.8. The maximum atomic E-state index is 6.14. The van der Waals surface area contributed by atoms with Gasteiger partial charge in [-0.15, -0.1) is 0 Å². The summed E-state index contributed by atoms with van der Waals surface area (Å²) in [6, 6.07) is 6.09. The van der Waals surface area contributed by atoms with Gasteiger partial charge in [0.1, 0.15) is 0 Å². The third-order valence-corrected chi connectivity index (χ3v) is 5.19. The van der Waals surface area contributed by atoms with E-state index in [-0.39, 0.29) is 0 Å². The highest BCUT2D eigenvalue weighted by Gasteiger charge is 2.23. The van der Waals surface area contributed by atoms with E-state index in [0.717, 1.165) is 31.3 Å². The Morgan fingerprint density at radius 3 is 2.50 bits per heavy atom. The molecule has 1 aliphatic rings. The summed E-state index contributed by atoms with van der Waals surface area (Å²) in [5.74, 6) is 1.57. The van der Waals surface area contributed by atoms with Crippen LogP contribution >= 0.6 is 23.2 Å². The highest BCUT2D eigenvalue weighted by Crippen LogP contribution is 2.32. The van der Waals surface area contributed by atoms with Gasteiger partial charge in [0.05, 0.1) is 10.0 Å². The van der Waals surface area contributed by atoms with Crippen molar-refractivity contribution in [2.45, 2.75) is 45.4 Å². The highest BCUT2D eigenvalue weighted by atomic mass is 35.5. The summed E-state index contributed by atoms with van der Waals surface area (Å²) < 4.78 is 0. The van der Waals surface area contributed by atoms with Crippen LogP contribution < -0.4 is 5.32 Å². The Labute approximate surface area is 133 Å². The Kier molecular flexibility index (Phi) is 6.67. The zero-order chi connectivity index (χ0) is 14.4. The predicted molar refractivity (Wildman–Crippen MR) is 88.8 cm³/mol. The van der Waals surface area contributed by atoms with Crippen LogP contribution in [0, 0.1) is 11.8 Å². The van der Waals surface area contributed by atoms with E-state index in [4.69, 9.17) is 23.2 Å². The summed E-state index contributed by atoms with van der Waals surface area (Å²) in [5.41, 5.74) is 1.33. The molecule has 1 aromatic carbocycles. The molecular formula is C17H25Cl2N. The van der Waals surface area contributed by atoms with E-state index in [2.05, 4.69) is 18.3 Å². The Balaban J connectivity index is 2.03. The molecule has 2 atom stereocenters. The molecule has 1 saturated carbocycles. The van der Waals surface area contributed by atoms with Gasteiger partial charge in [-0.2, -0.15) is 0 Å². The van der Waals surface area contributed by atoms with Crippen molar-refractivity contribution in [2.75, 3.05) is 13.1 Å². The highest BCUT2D eigenvalue weighted by molar-refractivity contribution is 6.42. The quantitative estimate of drug-likeness (QED) is 0.723. The van der Waals surface area contributed by atoms with E-state index in [1.54, 1.807) is 0 Å². The van der Waals surface area contributed by atoms with Crippen LogP contribution in [0.15, 0.2) is 18.2 Å². The van der Waals surface area contributed by atoms with Gasteiger partial charge in [-0.3, -0.25) is 0 Å². The molecule has 0 amide bonds. The van der Waals surface area contributed by atoms with Crippen molar-refractivity contribution in [1.82, 2.24) is 5.32 Å². The Hall–Kier alpha value is -0.240. The first kappa shape index (κ1) is 16.1. The van der Waals surface area contributed by atoms with E-state index in [1.807, 2.05) is 12.1 Å². The van der Waals surface area contributed by atoms with Crippen molar-refractivity contribution < 1.29 is 0 Å². The minimum atomic E-state index is 0.653. The van der Waals surface area contributed by atoms with Crippen LogP contribution in [0.25, 0.3) is 0 Å². The molecule has 0 aromatic heterocycles. The lowest BCUT2D eigenvalue weighted by molar-refractivity contribution is 0.299. The second kappa shape index (κ2) is 8.26. The van der Waals surface area contributed by atoms with Crippen molar-refractivity contribution in [1.29, 1.82) is 0 Å². The molecule has 0 bridgehead atoms. The third kappa shape index (κ3) is 4.65. The molecule has 1 nitrogen and oxygen atoms in total. The smallest absolute Gasteiger partial charge is 0.0595 e. The van der Waals surface area contributed by atoms with Crippen LogP contribution in [0.3, 0.4) is 0 Å². The normalized spacial score (nSPS) is 23.6. The Morgan fingerprint density at radius 2 is 1.80 bits per heavy atom. The van der Waals surface area contributed by atoms with Gasteiger partial charge >= 0.3 is 0 Å². The molecule has 0 radical (unpaired) electrons. The number of nitrogens with one attached hydrogen (secondary N) is 1. The summed E-state index contributed by atoms with van der Waals surface area (Å²) in [7, 11) is 0. The van der Waals surface area contributed by atoms with Gasteiger partial charge < -0.3 is 5.32 Å². The summed E-state index contributed by atoms with van der Waals surface area (Å²) in [6.07, 6.45) is 7.98. The van der Waals surface area contributed by atoms with Crippen LogP contribution in [-0.4, -0.2) is 13.1 Å². The fourth-order valence-electron chi connectivity index (χ4n) is 3.30. The molecule has 2 rings (SSSR count). The molecule has 0 saturated heterocycles. The lowest BCUT2D eigenvalue weighted by Crippen LogP contribution is -2.28. The fraction of sp³-hybridized carbons (Fsp3) is 0.647. The maximum absolute atomic E-state index is 6.14. The van der Waals surface area contributed by atoms with Gasteiger partial charge in [-0.05, 0) is 61.9 Å². The second-order valence-electron chi connectivity index (χ2n) is 5.92. The lowest BCUT2D eigenvalue weighted by Gasteiger charge is -2.25. The molecule has 1 N–H and O–H groups in total. The SMILES string of the molecule is CCNCC1CCCCCC1Cc1ccc(Cl)c(Cl)c1. The molecule has 112 valence electrons. The van der Waals surface area contributed by atoms with Crippen LogP contribution in [0.2, 0.25) is 10.0 Å². The van der Waals surface area contributed by atoms with Gasteiger partial charge in [0.25, 0.3) is 0 Å². The topological polar surface area (TPSA) is 12.0 Å². The van der Waals surface area contributed by atoms with Crippen molar-refractivity contribution in [3.63, 3.8) is 0 Å². The second-order valence-corrected chi connectivity index (χ2v) is 6.73. The standard InChI is InChI=1S/C17H25Cl2N/c1-2-20-12-15-7-5-3-4-6-14(15)10-13-8-9-16(18)17(19)11-13/h8-9,11,14-15,20H,2-7,10,12H2,1H3. The number of hydrogen-bond donors (Lipinski definition) is 1. The largest absolute Gasteiger partial charge is 0.317 e. The van der Waals surface area contributed by atoms with E-state index in [0.29, 0.717) is 10.0 Å². The predicted octanol–water partition coefficient (Wildman–Crippen LogP) is 5.34. The summed E-state index contributed by atoms with van der Waals surface area (Å²) in [4.78, 5) is 0. The first-order chi connectivity index (χ1) is 9.70. The molecule has 20 heavy (non-hydrogen) atoms. The van der Waals surface area contributed by atoms with E-state index < -0.39 is 0 Å². The molecule has 1 fully saturated rings. The van der Waals surface area contributed by atoms with Crippen molar-refractivity contribution in [3.8, 4) is 0 Å². The molecule has 1 aliphatic carbocycles. The summed E-state index contributed by atoms with van der Waals surface area (Å²) in [5, 5.41) is 4.87. The van der Waals surface area contributed by atoms with Crippen LogP contribution in [0.5, 0.6) is 0 Å². The van der Waals surface area contributed by atoms with E-state index in [1.165, 1.54) is 37.7 Å². The van der Waals surface area contributed by atoms with E-state index >= 15 is 0 Å². The minimum Gasteiger partial charge on any atom is -0.317 e. The third-order valence-electron chi connectivity index (χ3n) is 4.45. The van der Waals surface area contributed by atoms with Gasteiger partial charge in [-0.1, -0.05) is 55.5 Å². The van der Waals surface area contributed by atoms with Crippen molar-refractivity contribution >= 4 is 23.2 Å². The molecule has 0 aliphatic heterocycles. The van der Waals surface area contributed by atoms with Gasteiger partial charge in [0.15, 0.2) is 0 Å². The monoisotopic (exact) mass is 313 g/mol. The molecule has 0 spiro atoms. The van der Waals surface area contributed by atoms with Gasteiger partial charge in [0, 0.05) is 0 Å². The van der Waals surface area contributed by atoms with Gasteiger partial charge in [-0.25, -0.2) is 0 Å². The lowest BCUT2D eigenvalue weighted by atomic mass is 9.83. The molecular weight excluding hydrogens is 289 g/mol. The average molecular weight is 314 g/mol. The summed E-state index contributed by atoms with van der Waals surface area (Å²) >= 11 is 12.1. The summed E-state index contributed by atoms with van der Waals surface area (Å²) in [6.45, 7) is 4.41. The molecule has 2 unspecified atom stereocenters. The van der Waals surface area contributed by atoms with Crippen LogP contribution in [0.1, 0.15) is 44.6 Å². The zero-order valence-electron chi connectivity index (χ0n) is 12.3. The van der Waals surface area contributed by atoms with E-state index in [9.17, 15) is 0 Å². The van der Waals surface area contributed by atoms with Crippen LogP contribution in [0.4, 0.5) is 0 Å². The maximum Gasteiger partial charge on any atom is 0.0595 e. The van der Waals surface area contributed by atoms with Crippen LogP contribution in [-0.2, 0) is 6.42 Å². The average Bonchev–Trinajstić information content (AvgIpc) is 2.66. The molecule has 3 heteroatoms. The number of halogens is 2. The van der Waals surface area contributed by atoms with Crippen molar-refractivity contribution in [3.05, 3.63) is 33.8 Å². The Morgan fingerprint density at radius 1 is 1.05 bits per heavy atom. The number of benzene rings is 1. The fourth-order valence-corrected chi connectivity index (χ4v) is 3.62. The number of hydrogen-bond acceptors (Lipinski definition) is 1. The first-order valence-electron chi connectivity index (χ1n) is 7.85. The number of rotatable bonds is 5.